The molecule has 1 aliphatic rings. The van der Waals surface area contributed by atoms with Gasteiger partial charge in [0.1, 0.15) is 5.75 Å². The van der Waals surface area contributed by atoms with E-state index in [1.54, 1.807) is 7.11 Å². The van der Waals surface area contributed by atoms with Crippen molar-refractivity contribution in [3.05, 3.63) is 29.8 Å². The van der Waals surface area contributed by atoms with Gasteiger partial charge in [-0.3, -0.25) is 4.90 Å². The summed E-state index contributed by atoms with van der Waals surface area (Å²) in [5.74, 6) is 1.73. The van der Waals surface area contributed by atoms with Gasteiger partial charge in [0.15, 0.2) is 0 Å². The number of benzene rings is 1. The van der Waals surface area contributed by atoms with Crippen molar-refractivity contribution >= 4 is 0 Å². The molecular formula is C18H30N2O. The first-order valence-electron chi connectivity index (χ1n) is 8.03. The van der Waals surface area contributed by atoms with E-state index in [2.05, 4.69) is 37.8 Å². The monoisotopic (exact) mass is 290 g/mol. The summed E-state index contributed by atoms with van der Waals surface area (Å²) in [5, 5.41) is 0. The average Bonchev–Trinajstić information content (AvgIpc) is 2.48. The van der Waals surface area contributed by atoms with Crippen LogP contribution in [0.2, 0.25) is 0 Å². The van der Waals surface area contributed by atoms with Crippen LogP contribution in [0.15, 0.2) is 24.3 Å². The molecule has 118 valence electrons. The molecule has 1 fully saturated rings. The third kappa shape index (κ3) is 3.98. The van der Waals surface area contributed by atoms with Gasteiger partial charge in [0, 0.05) is 12.6 Å². The Kier molecular flexibility index (Phi) is 5.28. The average molecular weight is 290 g/mol. The molecule has 0 aromatic heterocycles. The van der Waals surface area contributed by atoms with Crippen molar-refractivity contribution < 1.29 is 4.74 Å². The molecule has 1 aliphatic heterocycles. The van der Waals surface area contributed by atoms with Gasteiger partial charge in [-0.1, -0.05) is 32.9 Å². The van der Waals surface area contributed by atoms with Gasteiger partial charge in [0.05, 0.1) is 7.11 Å². The number of nitrogens with two attached hydrogens (primary N) is 1. The molecule has 3 nitrogen and oxygen atoms in total. The highest BCUT2D eigenvalue weighted by molar-refractivity contribution is 5.29. The van der Waals surface area contributed by atoms with E-state index in [0.717, 1.165) is 24.8 Å². The quantitative estimate of drug-likeness (QED) is 0.923. The lowest BCUT2D eigenvalue weighted by Crippen LogP contribution is -2.42. The molecule has 1 heterocycles. The highest BCUT2D eigenvalue weighted by Gasteiger charge is 2.31. The molecule has 0 radical (unpaired) electrons. The van der Waals surface area contributed by atoms with Gasteiger partial charge < -0.3 is 10.5 Å². The number of rotatable bonds is 4. The molecule has 2 N–H and O–H groups in total. The van der Waals surface area contributed by atoms with Crippen LogP contribution in [0.1, 0.15) is 45.2 Å². The third-order valence-corrected chi connectivity index (χ3v) is 4.92. The Balaban J connectivity index is 2.02. The molecule has 1 saturated heterocycles. The van der Waals surface area contributed by atoms with E-state index in [-0.39, 0.29) is 0 Å². The van der Waals surface area contributed by atoms with Gasteiger partial charge in [-0.25, -0.2) is 0 Å². The summed E-state index contributed by atoms with van der Waals surface area (Å²) in [5.41, 5.74) is 7.77. The van der Waals surface area contributed by atoms with Crippen LogP contribution in [0.25, 0.3) is 0 Å². The van der Waals surface area contributed by atoms with E-state index in [4.69, 9.17) is 10.5 Å². The fourth-order valence-corrected chi connectivity index (χ4v) is 3.40. The predicted molar refractivity (Wildman–Crippen MR) is 88.5 cm³/mol. The molecule has 0 bridgehead atoms. The van der Waals surface area contributed by atoms with Crippen molar-refractivity contribution in [2.24, 2.45) is 17.1 Å². The second-order valence-corrected chi connectivity index (χ2v) is 7.20. The van der Waals surface area contributed by atoms with E-state index in [1.807, 2.05) is 12.1 Å². The smallest absolute Gasteiger partial charge is 0.118 e. The van der Waals surface area contributed by atoms with Crippen LogP contribution < -0.4 is 10.5 Å². The lowest BCUT2D eigenvalue weighted by Gasteiger charge is -2.41. The predicted octanol–water partition coefficient (Wildman–Crippen LogP) is 3.45. The van der Waals surface area contributed by atoms with Crippen molar-refractivity contribution in [1.82, 2.24) is 4.90 Å². The topological polar surface area (TPSA) is 38.5 Å². The lowest BCUT2D eigenvalue weighted by molar-refractivity contribution is 0.0846. The minimum Gasteiger partial charge on any atom is -0.497 e. The molecule has 0 amide bonds. The largest absolute Gasteiger partial charge is 0.497 e. The summed E-state index contributed by atoms with van der Waals surface area (Å²) in [4.78, 5) is 2.55. The molecule has 21 heavy (non-hydrogen) atoms. The minimum absolute atomic E-state index is 0.330. The molecule has 0 spiro atoms. The summed E-state index contributed by atoms with van der Waals surface area (Å²) in [6.45, 7) is 10.0. The number of ether oxygens (including phenoxy) is 1. The van der Waals surface area contributed by atoms with Crippen LogP contribution in [0.3, 0.4) is 0 Å². The Morgan fingerprint density at radius 3 is 2.19 bits per heavy atom. The molecule has 3 heteroatoms. The highest BCUT2D eigenvalue weighted by atomic mass is 16.5. The Morgan fingerprint density at radius 1 is 1.19 bits per heavy atom. The SMILES string of the molecule is COc1ccc(C(CN)N2CCC(C(C)(C)C)CC2)cc1. The number of methoxy groups -OCH3 is 1. The van der Waals surface area contributed by atoms with E-state index >= 15 is 0 Å². The van der Waals surface area contributed by atoms with Gasteiger partial charge >= 0.3 is 0 Å². The van der Waals surface area contributed by atoms with E-state index in [1.165, 1.54) is 18.4 Å². The number of nitrogens with zero attached hydrogens (tertiary/aromatic N) is 1. The van der Waals surface area contributed by atoms with Crippen molar-refractivity contribution in [2.75, 3.05) is 26.7 Å². The Bertz CT molecular complexity index is 428. The molecule has 1 aromatic rings. The summed E-state index contributed by atoms with van der Waals surface area (Å²) in [7, 11) is 1.70. The molecule has 2 rings (SSSR count). The number of hydrogen-bond donors (Lipinski definition) is 1. The summed E-state index contributed by atoms with van der Waals surface area (Å²) < 4.78 is 5.23. The van der Waals surface area contributed by atoms with Crippen molar-refractivity contribution in [1.29, 1.82) is 0 Å². The van der Waals surface area contributed by atoms with Crippen molar-refractivity contribution in [2.45, 2.75) is 39.7 Å². The molecule has 1 aromatic carbocycles. The Morgan fingerprint density at radius 2 is 1.76 bits per heavy atom. The first-order valence-corrected chi connectivity index (χ1v) is 8.03. The lowest BCUT2D eigenvalue weighted by atomic mass is 9.75. The summed E-state index contributed by atoms with van der Waals surface area (Å²) in [6, 6.07) is 8.68. The van der Waals surface area contributed by atoms with Crippen LogP contribution in [0.4, 0.5) is 0 Å². The molecular weight excluding hydrogens is 260 g/mol. The first kappa shape index (κ1) is 16.3. The second-order valence-electron chi connectivity index (χ2n) is 7.20. The maximum Gasteiger partial charge on any atom is 0.118 e. The zero-order valence-corrected chi connectivity index (χ0v) is 13.9. The number of piperidine rings is 1. The fourth-order valence-electron chi connectivity index (χ4n) is 3.40. The van der Waals surface area contributed by atoms with Crippen LogP contribution >= 0.6 is 0 Å². The van der Waals surface area contributed by atoms with Gasteiger partial charge in [-0.05, 0) is 55.0 Å². The summed E-state index contributed by atoms with van der Waals surface area (Å²) >= 11 is 0. The van der Waals surface area contributed by atoms with Gasteiger partial charge in [0.25, 0.3) is 0 Å². The highest BCUT2D eigenvalue weighted by Crippen LogP contribution is 2.36. The Labute approximate surface area is 129 Å². The van der Waals surface area contributed by atoms with Crippen LogP contribution in [0.5, 0.6) is 5.75 Å². The fraction of sp³-hybridized carbons (Fsp3) is 0.667. The van der Waals surface area contributed by atoms with E-state index < -0.39 is 0 Å². The van der Waals surface area contributed by atoms with Crippen molar-refractivity contribution in [3.63, 3.8) is 0 Å². The summed E-state index contributed by atoms with van der Waals surface area (Å²) in [6.07, 6.45) is 2.55. The number of hydrogen-bond acceptors (Lipinski definition) is 3. The normalized spacial score (nSPS) is 19.5. The second kappa shape index (κ2) is 6.80. The molecule has 0 aliphatic carbocycles. The minimum atomic E-state index is 0.330. The zero-order valence-electron chi connectivity index (χ0n) is 13.9. The van der Waals surface area contributed by atoms with E-state index in [9.17, 15) is 0 Å². The van der Waals surface area contributed by atoms with E-state index in [0.29, 0.717) is 18.0 Å². The van der Waals surface area contributed by atoms with Gasteiger partial charge in [0.2, 0.25) is 0 Å². The standard InChI is InChI=1S/C18H30N2O/c1-18(2,3)15-9-11-20(12-10-15)17(13-19)14-5-7-16(21-4)8-6-14/h5-8,15,17H,9-13,19H2,1-4H3. The van der Waals surface area contributed by atoms with Crippen LogP contribution in [-0.4, -0.2) is 31.6 Å². The molecule has 0 saturated carbocycles. The zero-order chi connectivity index (χ0) is 15.5. The van der Waals surface area contributed by atoms with Crippen molar-refractivity contribution in [3.8, 4) is 5.75 Å². The van der Waals surface area contributed by atoms with Gasteiger partial charge in [-0.2, -0.15) is 0 Å². The maximum absolute atomic E-state index is 6.05. The third-order valence-electron chi connectivity index (χ3n) is 4.92. The number of likely N-dealkylation sites (tertiary alicyclic amines) is 1. The molecule has 1 atom stereocenters. The van der Waals surface area contributed by atoms with Gasteiger partial charge in [-0.15, -0.1) is 0 Å². The van der Waals surface area contributed by atoms with Crippen LogP contribution in [0, 0.1) is 11.3 Å². The molecule has 1 unspecified atom stereocenters. The Hall–Kier alpha value is -1.06. The maximum atomic E-state index is 6.05. The first-order chi connectivity index (χ1) is 9.95. The van der Waals surface area contributed by atoms with Crippen LogP contribution in [-0.2, 0) is 0 Å².